The second kappa shape index (κ2) is 4.89. The van der Waals surface area contributed by atoms with Crippen LogP contribution in [0.1, 0.15) is 24.0 Å². The van der Waals surface area contributed by atoms with Crippen LogP contribution in [-0.4, -0.2) is 23.8 Å². The van der Waals surface area contributed by atoms with Crippen molar-refractivity contribution in [2.45, 2.75) is 26.3 Å². The van der Waals surface area contributed by atoms with E-state index < -0.39 is 0 Å². The zero-order chi connectivity index (χ0) is 11.6. The summed E-state index contributed by atoms with van der Waals surface area (Å²) >= 11 is 3.63. The van der Waals surface area contributed by atoms with Crippen molar-refractivity contribution in [1.29, 1.82) is 0 Å². The third kappa shape index (κ3) is 3.08. The molecule has 0 aliphatic heterocycles. The first-order chi connectivity index (χ1) is 7.63. The van der Waals surface area contributed by atoms with E-state index in [0.717, 1.165) is 11.9 Å². The molecule has 0 radical (unpaired) electrons. The second-order valence-electron chi connectivity index (χ2n) is 5.29. The van der Waals surface area contributed by atoms with E-state index >= 15 is 0 Å². The summed E-state index contributed by atoms with van der Waals surface area (Å²) in [5.41, 5.74) is 3.36. The second-order valence-corrected chi connectivity index (χ2v) is 5.86. The minimum Gasteiger partial charge on any atom is -0.302 e. The van der Waals surface area contributed by atoms with Crippen LogP contribution in [0, 0.1) is 12.3 Å². The topological polar surface area (TPSA) is 3.24 Å². The Morgan fingerprint density at radius 2 is 2.12 bits per heavy atom. The Kier molecular flexibility index (Phi) is 3.70. The van der Waals surface area contributed by atoms with Crippen molar-refractivity contribution in [3.05, 3.63) is 35.4 Å². The van der Waals surface area contributed by atoms with Gasteiger partial charge in [-0.25, -0.2) is 0 Å². The van der Waals surface area contributed by atoms with Gasteiger partial charge in [0.25, 0.3) is 0 Å². The molecule has 2 heteroatoms. The Bertz CT molecular complexity index is 358. The van der Waals surface area contributed by atoms with Crippen LogP contribution >= 0.6 is 15.9 Å². The summed E-state index contributed by atoms with van der Waals surface area (Å²) in [6.45, 7) is 4.44. The fraction of sp³-hybridized carbons (Fsp3) is 0.571. The summed E-state index contributed by atoms with van der Waals surface area (Å²) in [7, 11) is 2.23. The van der Waals surface area contributed by atoms with Gasteiger partial charge in [0.05, 0.1) is 0 Å². The molecule has 1 aromatic carbocycles. The average molecular weight is 282 g/mol. The van der Waals surface area contributed by atoms with Crippen LogP contribution in [0.3, 0.4) is 0 Å². The third-order valence-corrected chi connectivity index (χ3v) is 4.57. The summed E-state index contributed by atoms with van der Waals surface area (Å²) in [6.07, 6.45) is 2.77. The maximum Gasteiger partial charge on any atom is 0.0231 e. The van der Waals surface area contributed by atoms with E-state index in [2.05, 4.69) is 59.1 Å². The van der Waals surface area contributed by atoms with Crippen molar-refractivity contribution in [1.82, 2.24) is 4.90 Å². The highest BCUT2D eigenvalue weighted by Gasteiger charge is 2.41. The standard InChI is InChI=1S/C14H20BrN/c1-12-4-3-5-13(8-12)9-16(2)11-14(10-15)6-7-14/h3-5,8H,6-7,9-11H2,1-2H3. The summed E-state index contributed by atoms with van der Waals surface area (Å²) in [5, 5.41) is 1.15. The van der Waals surface area contributed by atoms with Gasteiger partial charge in [-0.05, 0) is 37.8 Å². The van der Waals surface area contributed by atoms with Gasteiger partial charge in [0.1, 0.15) is 0 Å². The summed E-state index contributed by atoms with van der Waals surface area (Å²) in [6, 6.07) is 8.81. The molecule has 0 atom stereocenters. The maximum atomic E-state index is 3.63. The lowest BCUT2D eigenvalue weighted by molar-refractivity contribution is 0.271. The van der Waals surface area contributed by atoms with Gasteiger partial charge >= 0.3 is 0 Å². The lowest BCUT2D eigenvalue weighted by Crippen LogP contribution is -2.27. The molecule has 1 aromatic rings. The van der Waals surface area contributed by atoms with Crippen molar-refractivity contribution in [2.24, 2.45) is 5.41 Å². The minimum absolute atomic E-state index is 0.582. The smallest absolute Gasteiger partial charge is 0.0231 e. The SMILES string of the molecule is Cc1cccc(CN(C)CC2(CBr)CC2)c1. The highest BCUT2D eigenvalue weighted by molar-refractivity contribution is 9.09. The van der Waals surface area contributed by atoms with E-state index in [1.807, 2.05) is 0 Å². The molecule has 0 spiro atoms. The molecule has 0 amide bonds. The van der Waals surface area contributed by atoms with Crippen LogP contribution in [0.2, 0.25) is 0 Å². The molecule has 0 bridgehead atoms. The van der Waals surface area contributed by atoms with Crippen molar-refractivity contribution in [3.8, 4) is 0 Å². The van der Waals surface area contributed by atoms with Gasteiger partial charge in [-0.15, -0.1) is 0 Å². The lowest BCUT2D eigenvalue weighted by atomic mass is 10.1. The molecule has 2 rings (SSSR count). The van der Waals surface area contributed by atoms with E-state index in [9.17, 15) is 0 Å². The predicted octanol–water partition coefficient (Wildman–Crippen LogP) is 3.60. The van der Waals surface area contributed by atoms with E-state index in [4.69, 9.17) is 0 Å². The molecule has 0 N–H and O–H groups in total. The zero-order valence-electron chi connectivity index (χ0n) is 10.2. The van der Waals surface area contributed by atoms with E-state index in [1.165, 1.54) is 30.5 Å². The quantitative estimate of drug-likeness (QED) is 0.746. The molecule has 0 saturated heterocycles. The monoisotopic (exact) mass is 281 g/mol. The molecule has 88 valence electrons. The number of rotatable bonds is 5. The van der Waals surface area contributed by atoms with Gasteiger partial charge in [0.2, 0.25) is 0 Å². The zero-order valence-corrected chi connectivity index (χ0v) is 11.8. The highest BCUT2D eigenvalue weighted by atomic mass is 79.9. The molecule has 1 fully saturated rings. The Morgan fingerprint density at radius 1 is 1.38 bits per heavy atom. The van der Waals surface area contributed by atoms with Gasteiger partial charge in [0, 0.05) is 18.4 Å². The number of halogens is 1. The Balaban J connectivity index is 1.89. The van der Waals surface area contributed by atoms with Gasteiger partial charge in [-0.2, -0.15) is 0 Å². The Hall–Kier alpha value is -0.340. The van der Waals surface area contributed by atoms with Crippen molar-refractivity contribution in [3.63, 3.8) is 0 Å². The molecule has 1 saturated carbocycles. The van der Waals surface area contributed by atoms with Gasteiger partial charge < -0.3 is 4.90 Å². The number of nitrogens with zero attached hydrogens (tertiary/aromatic N) is 1. The molecule has 0 heterocycles. The van der Waals surface area contributed by atoms with Crippen LogP contribution < -0.4 is 0 Å². The molecular weight excluding hydrogens is 262 g/mol. The van der Waals surface area contributed by atoms with Crippen LogP contribution in [0.25, 0.3) is 0 Å². The number of alkyl halides is 1. The minimum atomic E-state index is 0.582. The number of benzene rings is 1. The van der Waals surface area contributed by atoms with Crippen molar-refractivity contribution >= 4 is 15.9 Å². The molecule has 0 aromatic heterocycles. The summed E-state index contributed by atoms with van der Waals surface area (Å²) in [5.74, 6) is 0. The Morgan fingerprint density at radius 3 is 2.69 bits per heavy atom. The van der Waals surface area contributed by atoms with Crippen molar-refractivity contribution < 1.29 is 0 Å². The lowest BCUT2D eigenvalue weighted by Gasteiger charge is -2.22. The normalized spacial score (nSPS) is 17.8. The van der Waals surface area contributed by atoms with Crippen LogP contribution in [-0.2, 0) is 6.54 Å². The predicted molar refractivity (Wildman–Crippen MR) is 73.0 cm³/mol. The fourth-order valence-corrected chi connectivity index (χ4v) is 3.00. The first kappa shape index (κ1) is 12.1. The Labute approximate surface area is 107 Å². The number of aryl methyl sites for hydroxylation is 1. The third-order valence-electron chi connectivity index (χ3n) is 3.38. The van der Waals surface area contributed by atoms with Gasteiger partial charge in [0.15, 0.2) is 0 Å². The number of hydrogen-bond donors (Lipinski definition) is 0. The molecule has 1 aliphatic rings. The highest BCUT2D eigenvalue weighted by Crippen LogP contribution is 2.47. The van der Waals surface area contributed by atoms with E-state index in [-0.39, 0.29) is 0 Å². The first-order valence-corrected chi connectivity index (χ1v) is 7.06. The van der Waals surface area contributed by atoms with Crippen molar-refractivity contribution in [2.75, 3.05) is 18.9 Å². The maximum absolute atomic E-state index is 3.63. The molecular formula is C14H20BrN. The molecule has 1 aliphatic carbocycles. The summed E-state index contributed by atoms with van der Waals surface area (Å²) in [4.78, 5) is 2.45. The molecule has 16 heavy (non-hydrogen) atoms. The number of hydrogen-bond acceptors (Lipinski definition) is 1. The fourth-order valence-electron chi connectivity index (χ4n) is 2.26. The van der Waals surface area contributed by atoms with Crippen LogP contribution in [0.4, 0.5) is 0 Å². The van der Waals surface area contributed by atoms with Crippen LogP contribution in [0.5, 0.6) is 0 Å². The largest absolute Gasteiger partial charge is 0.302 e. The molecule has 0 unspecified atom stereocenters. The first-order valence-electron chi connectivity index (χ1n) is 5.94. The van der Waals surface area contributed by atoms with Crippen LogP contribution in [0.15, 0.2) is 24.3 Å². The van der Waals surface area contributed by atoms with Gasteiger partial charge in [-0.1, -0.05) is 45.8 Å². The van der Waals surface area contributed by atoms with E-state index in [0.29, 0.717) is 5.41 Å². The molecule has 1 nitrogen and oxygen atoms in total. The average Bonchev–Trinajstić information content (AvgIpc) is 2.98. The van der Waals surface area contributed by atoms with E-state index in [1.54, 1.807) is 0 Å². The van der Waals surface area contributed by atoms with Gasteiger partial charge in [-0.3, -0.25) is 0 Å². The summed E-state index contributed by atoms with van der Waals surface area (Å²) < 4.78 is 0.